The minimum atomic E-state index is -4.30. The molecule has 0 saturated carbocycles. The molecule has 0 aliphatic carbocycles. The molecule has 0 radical (unpaired) electrons. The predicted octanol–water partition coefficient (Wildman–Crippen LogP) is -2.06. The number of aliphatic hydroxyl groups is 2. The van der Waals surface area contributed by atoms with Gasteiger partial charge >= 0.3 is 18.9 Å². The van der Waals surface area contributed by atoms with E-state index in [-0.39, 0.29) is 50.7 Å². The van der Waals surface area contributed by atoms with Crippen molar-refractivity contribution in [2.24, 2.45) is 0 Å². The molecule has 0 fully saturated rings. The fraction of sp³-hybridized carbons (Fsp3) is 1.00. The van der Waals surface area contributed by atoms with Crippen molar-refractivity contribution in [2.45, 2.75) is 64.5 Å². The van der Waals surface area contributed by atoms with Gasteiger partial charge in [-0.2, -0.15) is 0 Å². The summed E-state index contributed by atoms with van der Waals surface area (Å²) >= 11 is 0. The van der Waals surface area contributed by atoms with E-state index >= 15 is 0 Å². The first-order valence-corrected chi connectivity index (χ1v) is 9.38. The van der Waals surface area contributed by atoms with Crippen molar-refractivity contribution in [2.75, 3.05) is 25.5 Å². The van der Waals surface area contributed by atoms with Crippen LogP contribution in [-0.4, -0.2) is 65.7 Å². The maximum atomic E-state index is 10.9. The van der Waals surface area contributed by atoms with Gasteiger partial charge in [-0.1, -0.05) is 39.5 Å². The Morgan fingerprint density at radius 2 is 1.41 bits per heavy atom. The topological polar surface area (TPSA) is 101 Å². The van der Waals surface area contributed by atoms with Gasteiger partial charge < -0.3 is 14.8 Å². The molecule has 128 valence electrons. The van der Waals surface area contributed by atoms with Crippen LogP contribution in [-0.2, 0) is 10.1 Å². The maximum Gasteiger partial charge on any atom is 1.00 e. The molecule has 0 spiro atoms. The zero-order valence-electron chi connectivity index (χ0n) is 14.2. The summed E-state index contributed by atoms with van der Waals surface area (Å²) in [5.41, 5.74) is 0. The number of hydrogen-bond donors (Lipinski definition) is 2. The zero-order chi connectivity index (χ0) is 16.3. The fourth-order valence-electron chi connectivity index (χ4n) is 2.48. The predicted molar refractivity (Wildman–Crippen MR) is 82.1 cm³/mol. The summed E-state index contributed by atoms with van der Waals surface area (Å²) in [7, 11) is -4.30. The molecule has 0 aliphatic heterocycles. The van der Waals surface area contributed by atoms with E-state index in [0.717, 1.165) is 38.5 Å². The number of unbranched alkanes of at least 4 members (excludes halogenated alkanes) is 2. The molecule has 0 saturated heterocycles. The van der Waals surface area contributed by atoms with Gasteiger partial charge in [0, 0.05) is 18.6 Å². The van der Waals surface area contributed by atoms with Gasteiger partial charge in [-0.25, -0.2) is 8.42 Å². The van der Waals surface area contributed by atoms with Crippen LogP contribution < -0.4 is 18.9 Å². The SMILES string of the molecule is CCCCC(CO)N(CCS(=O)(=O)[O-])C(CO)CCCC.[Li+]. The number of rotatable bonds is 13. The van der Waals surface area contributed by atoms with Gasteiger partial charge in [-0.15, -0.1) is 0 Å². The molecule has 2 unspecified atom stereocenters. The van der Waals surface area contributed by atoms with E-state index in [2.05, 4.69) is 0 Å². The minimum absolute atomic E-state index is 0. The van der Waals surface area contributed by atoms with Crippen molar-refractivity contribution >= 4 is 10.1 Å². The minimum Gasteiger partial charge on any atom is -0.748 e. The summed E-state index contributed by atoms with van der Waals surface area (Å²) < 4.78 is 32.6. The molecule has 8 heteroatoms. The van der Waals surface area contributed by atoms with Crippen LogP contribution in [0.2, 0.25) is 0 Å². The first-order valence-electron chi connectivity index (χ1n) is 7.80. The standard InChI is InChI=1S/C14H31NO5S.Li/c1-3-5-7-13(11-16)15(9-10-21(18,19)20)14(12-17)8-6-4-2;/h13-14,16-17H,3-12H2,1-2H3,(H,18,19,20);/q;+1/p-1. The van der Waals surface area contributed by atoms with Crippen molar-refractivity contribution in [1.29, 1.82) is 0 Å². The monoisotopic (exact) mass is 331 g/mol. The average Bonchev–Trinajstić information content (AvgIpc) is 2.43. The first-order chi connectivity index (χ1) is 9.89. The molecule has 0 amide bonds. The summed E-state index contributed by atoms with van der Waals surface area (Å²) in [6.45, 7) is 3.96. The Balaban J connectivity index is 0. The van der Waals surface area contributed by atoms with Crippen LogP contribution in [0.5, 0.6) is 0 Å². The van der Waals surface area contributed by atoms with Gasteiger partial charge in [-0.3, -0.25) is 4.90 Å². The Morgan fingerprint density at radius 3 is 1.68 bits per heavy atom. The van der Waals surface area contributed by atoms with Gasteiger partial charge in [0.15, 0.2) is 0 Å². The van der Waals surface area contributed by atoms with Crippen LogP contribution in [0.15, 0.2) is 0 Å². The summed E-state index contributed by atoms with van der Waals surface area (Å²) in [6.07, 6.45) is 5.24. The molecule has 2 atom stereocenters. The molecule has 0 aliphatic rings. The van der Waals surface area contributed by atoms with Crippen LogP contribution in [0.25, 0.3) is 0 Å². The van der Waals surface area contributed by atoms with Crippen molar-refractivity contribution in [3.8, 4) is 0 Å². The maximum absolute atomic E-state index is 10.9. The second-order valence-electron chi connectivity index (χ2n) is 5.46. The molecule has 6 nitrogen and oxygen atoms in total. The molecule has 22 heavy (non-hydrogen) atoms. The third-order valence-corrected chi connectivity index (χ3v) is 4.42. The smallest absolute Gasteiger partial charge is 0.748 e. The van der Waals surface area contributed by atoms with Gasteiger partial charge in [-0.05, 0) is 12.8 Å². The van der Waals surface area contributed by atoms with Crippen molar-refractivity contribution in [3.63, 3.8) is 0 Å². The first kappa shape index (κ1) is 24.6. The summed E-state index contributed by atoms with van der Waals surface area (Å²) in [5.74, 6) is -0.488. The van der Waals surface area contributed by atoms with E-state index in [0.29, 0.717) is 0 Å². The molecule has 2 N–H and O–H groups in total. The summed E-state index contributed by atoms with van der Waals surface area (Å²) in [4.78, 5) is 1.81. The van der Waals surface area contributed by atoms with Gasteiger partial charge in [0.2, 0.25) is 0 Å². The zero-order valence-corrected chi connectivity index (χ0v) is 15.0. The largest absolute Gasteiger partial charge is 1.00 e. The van der Waals surface area contributed by atoms with E-state index in [1.165, 1.54) is 0 Å². The number of aliphatic hydroxyl groups excluding tert-OH is 2. The molecule has 0 aromatic carbocycles. The number of nitrogens with zero attached hydrogens (tertiary/aromatic N) is 1. The Morgan fingerprint density at radius 1 is 1.00 bits per heavy atom. The Hall–Kier alpha value is 0.387. The third kappa shape index (κ3) is 11.0. The van der Waals surface area contributed by atoms with Gasteiger partial charge in [0.25, 0.3) is 0 Å². The van der Waals surface area contributed by atoms with Crippen LogP contribution >= 0.6 is 0 Å². The summed E-state index contributed by atoms with van der Waals surface area (Å²) in [5, 5.41) is 19.1. The molecule has 0 aromatic heterocycles. The molecule has 0 rings (SSSR count). The molecular weight excluding hydrogens is 301 g/mol. The van der Waals surface area contributed by atoms with E-state index in [1.807, 2.05) is 13.8 Å². The van der Waals surface area contributed by atoms with Crippen LogP contribution in [0, 0.1) is 0 Å². The normalized spacial score (nSPS) is 14.6. The van der Waals surface area contributed by atoms with E-state index in [4.69, 9.17) is 0 Å². The molecular formula is C14H30LiNO5S. The van der Waals surface area contributed by atoms with Crippen molar-refractivity contribution in [1.82, 2.24) is 4.90 Å². The Labute approximate surface area is 147 Å². The Bertz CT molecular complexity index is 337. The average molecular weight is 331 g/mol. The van der Waals surface area contributed by atoms with Gasteiger partial charge in [0.1, 0.15) is 0 Å². The van der Waals surface area contributed by atoms with Crippen LogP contribution in [0.1, 0.15) is 52.4 Å². The quantitative estimate of drug-likeness (QED) is 0.297. The number of hydrogen-bond acceptors (Lipinski definition) is 6. The van der Waals surface area contributed by atoms with Crippen LogP contribution in [0.3, 0.4) is 0 Å². The Kier molecular flexibility index (Phi) is 15.4. The fourth-order valence-corrected chi connectivity index (χ4v) is 2.92. The van der Waals surface area contributed by atoms with E-state index < -0.39 is 15.9 Å². The molecule has 0 heterocycles. The van der Waals surface area contributed by atoms with Crippen molar-refractivity contribution in [3.05, 3.63) is 0 Å². The van der Waals surface area contributed by atoms with E-state index in [1.54, 1.807) is 4.90 Å². The van der Waals surface area contributed by atoms with Gasteiger partial charge in [0.05, 0.1) is 29.1 Å². The van der Waals surface area contributed by atoms with Crippen molar-refractivity contribution < 1.29 is 42.0 Å². The third-order valence-electron chi connectivity index (χ3n) is 3.74. The second kappa shape index (κ2) is 13.8. The molecule has 0 bridgehead atoms. The molecule has 0 aromatic rings. The van der Waals surface area contributed by atoms with E-state index in [9.17, 15) is 23.2 Å². The second-order valence-corrected chi connectivity index (χ2v) is 6.98. The summed E-state index contributed by atoms with van der Waals surface area (Å²) in [6, 6.07) is -0.415. The van der Waals surface area contributed by atoms with Crippen LogP contribution in [0.4, 0.5) is 0 Å².